The Balaban J connectivity index is 2.36. The third-order valence-electron chi connectivity index (χ3n) is 2.84. The van der Waals surface area contributed by atoms with Crippen LogP contribution in [0.5, 0.6) is 0 Å². The zero-order valence-electron chi connectivity index (χ0n) is 9.82. The van der Waals surface area contributed by atoms with Gasteiger partial charge in [-0.05, 0) is 42.7 Å². The smallest absolute Gasteiger partial charge is 0.0833 e. The van der Waals surface area contributed by atoms with E-state index in [1.165, 1.54) is 0 Å². The van der Waals surface area contributed by atoms with Crippen LogP contribution in [0.1, 0.15) is 12.1 Å². The van der Waals surface area contributed by atoms with Crippen LogP contribution in [0.15, 0.2) is 24.3 Å². The molecule has 92 valence electrons. The minimum atomic E-state index is 0.0750. The molecule has 4 heteroatoms. The van der Waals surface area contributed by atoms with Gasteiger partial charge in [0.25, 0.3) is 0 Å². The molecule has 2 nitrogen and oxygen atoms in total. The van der Waals surface area contributed by atoms with Gasteiger partial charge in [-0.15, -0.1) is 0 Å². The third kappa shape index (κ3) is 2.79. The van der Waals surface area contributed by atoms with Crippen LogP contribution in [-0.2, 0) is 13.2 Å². The van der Waals surface area contributed by atoms with Crippen molar-refractivity contribution in [1.82, 2.24) is 4.57 Å². The van der Waals surface area contributed by atoms with Gasteiger partial charge in [-0.3, -0.25) is 0 Å². The fourth-order valence-electron chi connectivity index (χ4n) is 2.06. The largest absolute Gasteiger partial charge is 0.390 e. The van der Waals surface area contributed by atoms with Crippen molar-refractivity contribution < 1.29 is 5.11 Å². The molecule has 1 heterocycles. The van der Waals surface area contributed by atoms with Gasteiger partial charge in [-0.1, -0.05) is 11.6 Å². The van der Waals surface area contributed by atoms with Crippen LogP contribution in [0.4, 0.5) is 0 Å². The van der Waals surface area contributed by atoms with E-state index < -0.39 is 0 Å². The predicted molar refractivity (Wildman–Crippen MR) is 75.9 cm³/mol. The number of halogens is 1. The summed E-state index contributed by atoms with van der Waals surface area (Å²) >= 11 is 7.82. The van der Waals surface area contributed by atoms with Crippen LogP contribution in [0.25, 0.3) is 10.9 Å². The molecule has 1 aromatic heterocycles. The monoisotopic (exact) mass is 269 g/mol. The summed E-state index contributed by atoms with van der Waals surface area (Å²) in [6.07, 6.45) is 3.22. The highest BCUT2D eigenvalue weighted by Crippen LogP contribution is 2.24. The van der Waals surface area contributed by atoms with Crippen LogP contribution in [0.2, 0.25) is 5.02 Å². The molecule has 0 aliphatic rings. The lowest BCUT2D eigenvalue weighted by Gasteiger charge is -2.08. The molecular weight excluding hydrogens is 254 g/mol. The number of aliphatic hydroxyl groups is 1. The fraction of sp³-hybridized carbons (Fsp3) is 0.385. The zero-order valence-corrected chi connectivity index (χ0v) is 11.4. The summed E-state index contributed by atoms with van der Waals surface area (Å²) in [4.78, 5) is 0. The Kier molecular flexibility index (Phi) is 4.37. The lowest BCUT2D eigenvalue weighted by molar-refractivity contribution is 0.271. The maximum atomic E-state index is 9.39. The average molecular weight is 270 g/mol. The van der Waals surface area contributed by atoms with E-state index in [4.69, 9.17) is 11.6 Å². The number of rotatable bonds is 5. The number of hydrogen-bond acceptors (Lipinski definition) is 2. The quantitative estimate of drug-likeness (QED) is 0.840. The van der Waals surface area contributed by atoms with Gasteiger partial charge < -0.3 is 9.67 Å². The van der Waals surface area contributed by atoms with E-state index in [1.807, 2.05) is 36.0 Å². The molecule has 0 aliphatic heterocycles. The second-order valence-corrected chi connectivity index (χ2v) is 5.42. The van der Waals surface area contributed by atoms with E-state index in [0.29, 0.717) is 0 Å². The summed E-state index contributed by atoms with van der Waals surface area (Å²) in [5, 5.41) is 11.2. The first-order valence-electron chi connectivity index (χ1n) is 5.63. The molecule has 0 bridgehead atoms. The van der Waals surface area contributed by atoms with Crippen molar-refractivity contribution in [2.24, 2.45) is 0 Å². The van der Waals surface area contributed by atoms with Crippen molar-refractivity contribution in [2.45, 2.75) is 19.6 Å². The normalized spacial score (nSPS) is 11.2. The van der Waals surface area contributed by atoms with Crippen LogP contribution < -0.4 is 0 Å². The topological polar surface area (TPSA) is 25.2 Å². The second-order valence-electron chi connectivity index (χ2n) is 3.99. The standard InChI is InChI=1S/C13H16ClNOS/c1-17-6-2-5-15-12(9-16)8-10-7-11(14)3-4-13(10)15/h3-4,7-8,16H,2,5-6,9H2,1H3. The van der Waals surface area contributed by atoms with Crippen LogP contribution >= 0.6 is 23.4 Å². The van der Waals surface area contributed by atoms with Crippen molar-refractivity contribution in [3.8, 4) is 0 Å². The van der Waals surface area contributed by atoms with Crippen molar-refractivity contribution in [2.75, 3.05) is 12.0 Å². The molecule has 0 radical (unpaired) electrons. The van der Waals surface area contributed by atoms with Crippen molar-refractivity contribution in [3.63, 3.8) is 0 Å². The first-order chi connectivity index (χ1) is 8.26. The maximum absolute atomic E-state index is 9.39. The summed E-state index contributed by atoms with van der Waals surface area (Å²) in [6.45, 7) is 1.02. The third-order valence-corrected chi connectivity index (χ3v) is 3.77. The first-order valence-corrected chi connectivity index (χ1v) is 7.41. The molecule has 0 aliphatic carbocycles. The summed E-state index contributed by atoms with van der Waals surface area (Å²) in [7, 11) is 0. The fourth-order valence-corrected chi connectivity index (χ4v) is 2.66. The molecule has 1 aromatic carbocycles. The molecule has 0 saturated carbocycles. The predicted octanol–water partition coefficient (Wildman–Crippen LogP) is 3.54. The average Bonchev–Trinajstić information content (AvgIpc) is 2.67. The number of aryl methyl sites for hydroxylation is 1. The van der Waals surface area contributed by atoms with Gasteiger partial charge in [-0.2, -0.15) is 11.8 Å². The number of aliphatic hydroxyl groups excluding tert-OH is 1. The van der Waals surface area contributed by atoms with Gasteiger partial charge in [0.2, 0.25) is 0 Å². The molecule has 0 amide bonds. The molecule has 17 heavy (non-hydrogen) atoms. The highest BCUT2D eigenvalue weighted by atomic mass is 35.5. The number of nitrogens with zero attached hydrogens (tertiary/aromatic N) is 1. The van der Waals surface area contributed by atoms with Crippen molar-refractivity contribution >= 4 is 34.3 Å². The van der Waals surface area contributed by atoms with Crippen LogP contribution in [0, 0.1) is 0 Å². The van der Waals surface area contributed by atoms with Crippen molar-refractivity contribution in [1.29, 1.82) is 0 Å². The summed E-state index contributed by atoms with van der Waals surface area (Å²) in [6, 6.07) is 7.88. The molecular formula is C13H16ClNOS. The summed E-state index contributed by atoms with van der Waals surface area (Å²) < 4.78 is 2.18. The van der Waals surface area contributed by atoms with Crippen LogP contribution in [0.3, 0.4) is 0 Å². The summed E-state index contributed by atoms with van der Waals surface area (Å²) in [5.74, 6) is 1.14. The summed E-state index contributed by atoms with van der Waals surface area (Å²) in [5.41, 5.74) is 2.11. The number of hydrogen-bond donors (Lipinski definition) is 1. The Morgan fingerprint density at radius 3 is 2.88 bits per heavy atom. The number of thioether (sulfide) groups is 1. The van der Waals surface area contributed by atoms with E-state index >= 15 is 0 Å². The molecule has 0 atom stereocenters. The Labute approximate surface area is 111 Å². The van der Waals surface area contributed by atoms with Gasteiger partial charge in [0.15, 0.2) is 0 Å². The Bertz CT molecular complexity index is 509. The number of fused-ring (bicyclic) bond motifs is 1. The van der Waals surface area contributed by atoms with E-state index in [2.05, 4.69) is 10.8 Å². The maximum Gasteiger partial charge on any atom is 0.0833 e. The molecule has 2 aromatic rings. The number of benzene rings is 1. The zero-order chi connectivity index (χ0) is 12.3. The van der Waals surface area contributed by atoms with Gasteiger partial charge in [0, 0.05) is 28.2 Å². The van der Waals surface area contributed by atoms with Gasteiger partial charge in [-0.25, -0.2) is 0 Å². The Hall–Kier alpha value is -0.640. The van der Waals surface area contributed by atoms with Gasteiger partial charge >= 0.3 is 0 Å². The molecule has 1 N–H and O–H groups in total. The van der Waals surface area contributed by atoms with E-state index in [9.17, 15) is 5.11 Å². The minimum absolute atomic E-state index is 0.0750. The number of aromatic nitrogens is 1. The lowest BCUT2D eigenvalue weighted by atomic mass is 10.2. The van der Waals surface area contributed by atoms with E-state index in [-0.39, 0.29) is 6.61 Å². The van der Waals surface area contributed by atoms with E-state index in [1.54, 1.807) is 0 Å². The van der Waals surface area contributed by atoms with Crippen LogP contribution in [-0.4, -0.2) is 21.7 Å². The van der Waals surface area contributed by atoms with Gasteiger partial charge in [0.05, 0.1) is 6.61 Å². The molecule has 0 fully saturated rings. The second kappa shape index (κ2) is 5.80. The highest BCUT2D eigenvalue weighted by Gasteiger charge is 2.07. The molecule has 0 unspecified atom stereocenters. The Morgan fingerprint density at radius 1 is 1.35 bits per heavy atom. The van der Waals surface area contributed by atoms with Crippen molar-refractivity contribution in [3.05, 3.63) is 35.0 Å². The van der Waals surface area contributed by atoms with Gasteiger partial charge in [0.1, 0.15) is 0 Å². The molecule has 0 spiro atoms. The van der Waals surface area contributed by atoms with E-state index in [0.717, 1.165) is 40.3 Å². The molecule has 2 rings (SSSR count). The lowest BCUT2D eigenvalue weighted by Crippen LogP contribution is -2.03. The SMILES string of the molecule is CSCCCn1c(CO)cc2cc(Cl)ccc21. The molecule has 0 saturated heterocycles. The minimum Gasteiger partial charge on any atom is -0.390 e. The first kappa shape index (κ1) is 12.8. The Morgan fingerprint density at radius 2 is 2.18 bits per heavy atom. The highest BCUT2D eigenvalue weighted by molar-refractivity contribution is 7.98.